The summed E-state index contributed by atoms with van der Waals surface area (Å²) in [5, 5.41) is 0. The maximum Gasteiger partial charge on any atom is 0.252 e. The van der Waals surface area contributed by atoms with Crippen molar-refractivity contribution in [3.63, 3.8) is 0 Å². The second kappa shape index (κ2) is 14.3. The molecule has 350 valence electrons. The number of nitrogens with zero attached hydrogens (tertiary/aromatic N) is 2. The van der Waals surface area contributed by atoms with Crippen LogP contribution in [0, 0.1) is 13.8 Å². The van der Waals surface area contributed by atoms with Crippen LogP contribution in [0.5, 0.6) is 0 Å². The molecule has 0 saturated carbocycles. The molecule has 68 heavy (non-hydrogen) atoms. The molecule has 2 nitrogen and oxygen atoms in total. The minimum Gasteiger partial charge on any atom is -0.311 e. The molecule has 11 rings (SSSR count). The largest absolute Gasteiger partial charge is 0.311 e. The van der Waals surface area contributed by atoms with Crippen LogP contribution >= 0.6 is 0 Å². The van der Waals surface area contributed by atoms with Crippen molar-refractivity contribution >= 4 is 57.2 Å². The van der Waals surface area contributed by atoms with Crippen molar-refractivity contribution in [2.45, 2.75) is 188 Å². The average Bonchev–Trinajstić information content (AvgIpc) is 3.46. The van der Waals surface area contributed by atoms with Gasteiger partial charge in [0.25, 0.3) is 6.71 Å². The maximum absolute atomic E-state index is 9.31. The Hall–Kier alpha value is -5.02. The number of benzene rings is 6. The van der Waals surface area contributed by atoms with Crippen LogP contribution in [0.2, 0.25) is 0 Å². The van der Waals surface area contributed by atoms with Gasteiger partial charge in [-0.15, -0.1) is 0 Å². The maximum atomic E-state index is 9.31. The number of rotatable bonds is 3. The van der Waals surface area contributed by atoms with E-state index in [-0.39, 0.29) is 44.6 Å². The van der Waals surface area contributed by atoms with Gasteiger partial charge in [0.1, 0.15) is 0 Å². The number of aryl methyl sites for hydroxylation is 2. The molecule has 0 fully saturated rings. The van der Waals surface area contributed by atoms with E-state index in [9.17, 15) is 4.11 Å². The normalized spacial score (nSPS) is 21.3. The Kier molecular flexibility index (Phi) is 8.81. The van der Waals surface area contributed by atoms with Crippen LogP contribution in [0.1, 0.15) is 190 Å². The van der Waals surface area contributed by atoms with Crippen LogP contribution in [0.4, 0.5) is 34.1 Å². The molecule has 6 aromatic carbocycles. The highest BCUT2D eigenvalue weighted by Gasteiger charge is 2.50. The predicted molar refractivity (Wildman–Crippen MR) is 295 cm³/mol. The predicted octanol–water partition coefficient (Wildman–Crippen LogP) is 16.0. The Morgan fingerprint density at radius 3 is 1.41 bits per heavy atom. The number of anilines is 6. The van der Waals surface area contributed by atoms with E-state index in [1.807, 2.05) is 0 Å². The molecule has 3 heteroatoms. The lowest BCUT2D eigenvalue weighted by Crippen LogP contribution is -2.62. The number of fused-ring (bicyclic) bond motifs is 7. The van der Waals surface area contributed by atoms with Crippen LogP contribution in [0.3, 0.4) is 0 Å². The van der Waals surface area contributed by atoms with Crippen molar-refractivity contribution < 1.29 is 4.11 Å². The molecule has 0 saturated heterocycles. The van der Waals surface area contributed by atoms with Gasteiger partial charge in [-0.1, -0.05) is 158 Å². The van der Waals surface area contributed by atoms with Gasteiger partial charge in [0.05, 0.1) is 5.69 Å². The van der Waals surface area contributed by atoms with Gasteiger partial charge in [-0.2, -0.15) is 0 Å². The molecule has 3 aliphatic carbocycles. The number of hydrogen-bond donors (Lipinski definition) is 0. The summed E-state index contributed by atoms with van der Waals surface area (Å²) in [5.74, 6) is 0. The highest BCUT2D eigenvalue weighted by molar-refractivity contribution is 7.00. The summed E-state index contributed by atoms with van der Waals surface area (Å²) < 4.78 is 27.9. The van der Waals surface area contributed by atoms with Gasteiger partial charge in [0, 0.05) is 38.1 Å². The first-order valence-electron chi connectivity index (χ1n) is 27.3. The van der Waals surface area contributed by atoms with Gasteiger partial charge in [0.2, 0.25) is 0 Å². The topological polar surface area (TPSA) is 6.48 Å². The smallest absolute Gasteiger partial charge is 0.252 e. The molecule has 0 radical (unpaired) electrons. The van der Waals surface area contributed by atoms with E-state index in [0.717, 1.165) is 71.7 Å². The van der Waals surface area contributed by atoms with Crippen LogP contribution in [0.15, 0.2) is 97.1 Å². The molecule has 0 spiro atoms. The van der Waals surface area contributed by atoms with E-state index in [0.29, 0.717) is 5.56 Å². The Balaban J connectivity index is 1.33. The van der Waals surface area contributed by atoms with Crippen molar-refractivity contribution in [2.24, 2.45) is 0 Å². The summed E-state index contributed by atoms with van der Waals surface area (Å²) in [7, 11) is 0. The zero-order valence-electron chi connectivity index (χ0n) is 47.2. The summed E-state index contributed by atoms with van der Waals surface area (Å²) in [6.07, 6.45) is 5.51. The quantitative estimate of drug-likeness (QED) is 0.163. The lowest BCUT2D eigenvalue weighted by Gasteiger charge is -2.48. The zero-order valence-corrected chi connectivity index (χ0v) is 44.2. The molecule has 6 aromatic rings. The first kappa shape index (κ1) is 41.9. The molecule has 0 bridgehead atoms. The fraction of sp³-hybridized carbons (Fsp3) is 0.446. The monoisotopic (exact) mass is 900 g/mol. The van der Waals surface area contributed by atoms with Gasteiger partial charge in [-0.3, -0.25) is 0 Å². The van der Waals surface area contributed by atoms with Gasteiger partial charge in [0.15, 0.2) is 0 Å². The first-order chi connectivity index (χ1) is 32.8. The first-order valence-corrected chi connectivity index (χ1v) is 25.8. The molecular weight excluding hydrogens is 820 g/mol. The van der Waals surface area contributed by atoms with Crippen molar-refractivity contribution in [1.82, 2.24) is 0 Å². The second-order valence-corrected chi connectivity index (χ2v) is 27.0. The molecule has 0 unspecified atom stereocenters. The van der Waals surface area contributed by atoms with E-state index in [4.69, 9.17) is 0 Å². The summed E-state index contributed by atoms with van der Waals surface area (Å²) in [6, 6.07) is 37.3. The van der Waals surface area contributed by atoms with Crippen molar-refractivity contribution in [3.05, 3.63) is 147 Å². The van der Waals surface area contributed by atoms with Gasteiger partial charge in [-0.25, -0.2) is 0 Å². The Bertz CT molecular complexity index is 3230. The molecule has 0 N–H and O–H groups in total. The van der Waals surface area contributed by atoms with Crippen molar-refractivity contribution in [3.8, 4) is 11.1 Å². The average molecular weight is 900 g/mol. The Morgan fingerprint density at radius 1 is 0.471 bits per heavy atom. The molecule has 0 amide bonds. The summed E-state index contributed by atoms with van der Waals surface area (Å²) in [6.45, 7) is 35.8. The molecular formula is C65H77BN2. The molecule has 0 atom stereocenters. The Labute approximate surface area is 415 Å². The molecule has 2 aliphatic heterocycles. The van der Waals surface area contributed by atoms with Gasteiger partial charge < -0.3 is 9.80 Å². The van der Waals surface area contributed by atoms with Crippen molar-refractivity contribution in [1.29, 1.82) is 0 Å². The summed E-state index contributed by atoms with van der Waals surface area (Å²) in [5.41, 5.74) is 23.6. The molecule has 5 aliphatic rings. The highest BCUT2D eigenvalue weighted by atomic mass is 15.2. The lowest BCUT2D eigenvalue weighted by atomic mass is 9.32. The molecule has 2 heterocycles. The van der Waals surface area contributed by atoms with E-state index in [2.05, 4.69) is 218 Å². The third-order valence-corrected chi connectivity index (χ3v) is 18.1. The fourth-order valence-electron chi connectivity index (χ4n) is 14.0. The highest BCUT2D eigenvalue weighted by Crippen LogP contribution is 2.56. The third-order valence-electron chi connectivity index (χ3n) is 18.1. The second-order valence-electron chi connectivity index (χ2n) is 27.0. The minimum atomic E-state index is -2.37. The third kappa shape index (κ3) is 6.63. The van der Waals surface area contributed by atoms with Gasteiger partial charge in [-0.05, 0) is 198 Å². The van der Waals surface area contributed by atoms with Crippen LogP contribution in [-0.2, 0) is 37.9 Å². The van der Waals surface area contributed by atoms with Crippen molar-refractivity contribution in [2.75, 3.05) is 9.80 Å². The van der Waals surface area contributed by atoms with E-state index in [1.165, 1.54) is 66.6 Å². The molecule has 0 aromatic heterocycles. The van der Waals surface area contributed by atoms with E-state index >= 15 is 0 Å². The summed E-state index contributed by atoms with van der Waals surface area (Å²) in [4.78, 5) is 5.03. The Morgan fingerprint density at radius 2 is 0.912 bits per heavy atom. The van der Waals surface area contributed by atoms with Gasteiger partial charge >= 0.3 is 0 Å². The lowest BCUT2D eigenvalue weighted by molar-refractivity contribution is 0.331. The summed E-state index contributed by atoms with van der Waals surface area (Å²) >= 11 is 0. The van der Waals surface area contributed by atoms with Crippen LogP contribution in [-0.4, -0.2) is 6.71 Å². The minimum absolute atomic E-state index is 0.0247. The van der Waals surface area contributed by atoms with Crippen LogP contribution < -0.4 is 26.2 Å². The number of hydrogen-bond acceptors (Lipinski definition) is 2. The van der Waals surface area contributed by atoms with E-state index < -0.39 is 6.85 Å². The fourth-order valence-corrected chi connectivity index (χ4v) is 14.0. The zero-order chi connectivity index (χ0) is 51.1. The van der Waals surface area contributed by atoms with Crippen LogP contribution in [0.25, 0.3) is 11.1 Å². The SMILES string of the molecule is [2H]C([2H])([2H])c1cc2c3c(c1)N(c1ccc(C(C)(C)C)cc1-c1ccccc1)c1cc4c(cc1B3c1cc3c(cc1N2c1cc2c(cc1C)C(C)(C)CCC2(C)C)C(C)(C)CCC3(C)C)C(C)(C)CC4(C)C. The standard InChI is InChI=1S/C65H77BN2/c1-39-29-56-58-57(30-39)68(53-35-47-44(31-40(53)2)60(6,7)25-27-62(47,10)11)55-36-48-45(61(8,9)26-28-63(48,12)13)33-50(55)66(58)51-34-46-49(65(16,17)38-64(46,14)15)37-54(51)67(56)52-24-23-42(59(3,4)5)32-43(52)41-21-19-18-20-22-41/h18-24,29-37H,25-28,38H2,1-17H3/i1D3. The van der Waals surface area contributed by atoms with E-state index in [1.54, 1.807) is 0 Å².